The summed E-state index contributed by atoms with van der Waals surface area (Å²) in [5.74, 6) is 0.369. The fourth-order valence-corrected chi connectivity index (χ4v) is 5.37. The van der Waals surface area contributed by atoms with Crippen molar-refractivity contribution in [3.05, 3.63) is 59.1 Å². The van der Waals surface area contributed by atoms with Gasteiger partial charge in [0.15, 0.2) is 0 Å². The third kappa shape index (κ3) is 5.99. The van der Waals surface area contributed by atoms with E-state index < -0.39 is 16.1 Å². The van der Waals surface area contributed by atoms with Gasteiger partial charge in [0.2, 0.25) is 15.9 Å². The monoisotopic (exact) mass is 490 g/mol. The predicted octanol–water partition coefficient (Wildman–Crippen LogP) is 2.73. The maximum atomic E-state index is 12.9. The van der Waals surface area contributed by atoms with Crippen LogP contribution in [0.25, 0.3) is 0 Å². The van der Waals surface area contributed by atoms with E-state index in [4.69, 9.17) is 17.3 Å². The molecule has 0 spiro atoms. The zero-order valence-electron chi connectivity index (χ0n) is 18.9. The van der Waals surface area contributed by atoms with E-state index in [1.165, 1.54) is 6.26 Å². The fourth-order valence-electron chi connectivity index (χ4n) is 4.25. The highest BCUT2D eigenvalue weighted by Gasteiger charge is 2.32. The number of hydrogen-bond acceptors (Lipinski definition) is 5. The lowest BCUT2D eigenvalue weighted by Gasteiger charge is -2.39. The van der Waals surface area contributed by atoms with E-state index in [0.717, 1.165) is 24.1 Å². The summed E-state index contributed by atoms with van der Waals surface area (Å²) in [6.07, 6.45) is 3.88. The summed E-state index contributed by atoms with van der Waals surface area (Å²) in [5, 5.41) is 0.654. The van der Waals surface area contributed by atoms with Crippen molar-refractivity contribution in [2.75, 3.05) is 48.2 Å². The zero-order valence-corrected chi connectivity index (χ0v) is 20.4. The second-order valence-electron chi connectivity index (χ2n) is 8.98. The summed E-state index contributed by atoms with van der Waals surface area (Å²) >= 11 is 5.93. The van der Waals surface area contributed by atoms with Gasteiger partial charge in [-0.3, -0.25) is 9.10 Å². The summed E-state index contributed by atoms with van der Waals surface area (Å²) in [6.45, 7) is 2.86. The van der Waals surface area contributed by atoms with Crippen molar-refractivity contribution in [2.45, 2.75) is 25.3 Å². The molecule has 178 valence electrons. The average Bonchev–Trinajstić information content (AvgIpc) is 3.62. The third-order valence-corrected chi connectivity index (χ3v) is 7.69. The van der Waals surface area contributed by atoms with E-state index >= 15 is 0 Å². The Morgan fingerprint density at radius 2 is 1.73 bits per heavy atom. The van der Waals surface area contributed by atoms with Crippen molar-refractivity contribution in [3.63, 3.8) is 0 Å². The number of nitrogens with zero attached hydrogens (tertiary/aromatic N) is 3. The van der Waals surface area contributed by atoms with Gasteiger partial charge < -0.3 is 15.5 Å². The predicted molar refractivity (Wildman–Crippen MR) is 133 cm³/mol. The highest BCUT2D eigenvalue weighted by Crippen LogP contribution is 2.36. The normalized spacial score (nSPS) is 17.7. The van der Waals surface area contributed by atoms with E-state index in [-0.39, 0.29) is 5.91 Å². The molecule has 1 saturated carbocycles. The van der Waals surface area contributed by atoms with Crippen LogP contribution in [0, 0.1) is 5.92 Å². The number of carbonyl (C=O) groups is 1. The number of anilines is 2. The van der Waals surface area contributed by atoms with Crippen LogP contribution in [-0.2, 0) is 21.2 Å². The number of rotatable bonds is 8. The number of amides is 1. The molecule has 0 radical (unpaired) electrons. The molecule has 1 aliphatic carbocycles. The Morgan fingerprint density at radius 3 is 2.33 bits per heavy atom. The molecule has 9 heteroatoms. The molecule has 2 N–H and O–H groups in total. The number of hydrogen-bond donors (Lipinski definition) is 1. The first-order valence-electron chi connectivity index (χ1n) is 11.3. The quantitative estimate of drug-likeness (QED) is 0.614. The molecule has 2 aromatic rings. The summed E-state index contributed by atoms with van der Waals surface area (Å²) in [4.78, 5) is 16.9. The maximum Gasteiger partial charge on any atom is 0.239 e. The lowest BCUT2D eigenvalue weighted by Crippen LogP contribution is -2.54. The van der Waals surface area contributed by atoms with E-state index in [9.17, 15) is 13.2 Å². The molecule has 1 atom stereocenters. The number of halogens is 1. The van der Waals surface area contributed by atoms with Gasteiger partial charge in [0.25, 0.3) is 0 Å². The molecule has 1 aliphatic heterocycles. The highest BCUT2D eigenvalue weighted by molar-refractivity contribution is 7.92. The molecule has 2 fully saturated rings. The molecule has 1 heterocycles. The molecule has 4 rings (SSSR count). The van der Waals surface area contributed by atoms with Crippen molar-refractivity contribution in [1.29, 1.82) is 0 Å². The summed E-state index contributed by atoms with van der Waals surface area (Å²) < 4.78 is 26.6. The molecule has 7 nitrogen and oxygen atoms in total. The lowest BCUT2D eigenvalue weighted by molar-refractivity contribution is -0.132. The molecule has 1 amide bonds. The molecule has 33 heavy (non-hydrogen) atoms. The number of para-hydroxylation sites is 2. The minimum Gasteiger partial charge on any atom is -0.366 e. The molecule has 0 aromatic heterocycles. The van der Waals surface area contributed by atoms with Crippen LogP contribution in [0.4, 0.5) is 11.4 Å². The van der Waals surface area contributed by atoms with Gasteiger partial charge in [0.05, 0.1) is 23.7 Å². The number of benzene rings is 2. The molecule has 2 aromatic carbocycles. The molecule has 1 saturated heterocycles. The maximum absolute atomic E-state index is 12.9. The van der Waals surface area contributed by atoms with Gasteiger partial charge in [0, 0.05) is 37.7 Å². The van der Waals surface area contributed by atoms with Gasteiger partial charge in [-0.15, -0.1) is 0 Å². The van der Waals surface area contributed by atoms with Crippen LogP contribution < -0.4 is 14.9 Å². The highest BCUT2D eigenvalue weighted by atomic mass is 35.5. The summed E-state index contributed by atoms with van der Waals surface area (Å²) in [6, 6.07) is 14.4. The van der Waals surface area contributed by atoms with Crippen LogP contribution in [0.15, 0.2) is 48.5 Å². The first kappa shape index (κ1) is 23.9. The minimum absolute atomic E-state index is 0.0654. The molecule has 0 bridgehead atoms. The standard InChI is InChI=1S/C24H31ClN4O3S/c1-33(31,32)29(17-19-6-7-19)23-5-3-2-4-22(23)27-12-14-28(15-13-27)24(30)21(26)16-18-8-10-20(25)11-9-18/h2-5,8-11,19,21H,6-7,12-17,26H2,1H3. The Hall–Kier alpha value is -2.29. The second kappa shape index (κ2) is 9.91. The van der Waals surface area contributed by atoms with Gasteiger partial charge in [-0.25, -0.2) is 8.42 Å². The number of nitrogens with two attached hydrogens (primary N) is 1. The van der Waals surface area contributed by atoms with Crippen molar-refractivity contribution in [3.8, 4) is 0 Å². The van der Waals surface area contributed by atoms with Gasteiger partial charge in [0.1, 0.15) is 0 Å². The van der Waals surface area contributed by atoms with Crippen molar-refractivity contribution < 1.29 is 13.2 Å². The zero-order chi connectivity index (χ0) is 23.6. The SMILES string of the molecule is CS(=O)(=O)N(CC1CC1)c1ccccc1N1CCN(C(=O)C(N)Cc2ccc(Cl)cc2)CC1. The largest absolute Gasteiger partial charge is 0.366 e. The van der Waals surface area contributed by atoms with Crippen LogP contribution in [-0.4, -0.2) is 64.2 Å². The smallest absolute Gasteiger partial charge is 0.239 e. The molecular weight excluding hydrogens is 460 g/mol. The van der Waals surface area contributed by atoms with E-state index in [2.05, 4.69) is 4.90 Å². The van der Waals surface area contributed by atoms with E-state index in [0.29, 0.717) is 55.8 Å². The second-order valence-corrected chi connectivity index (χ2v) is 11.3. The molecule has 2 aliphatic rings. The average molecular weight is 491 g/mol. The number of piperazine rings is 1. The van der Waals surface area contributed by atoms with Crippen LogP contribution >= 0.6 is 11.6 Å². The van der Waals surface area contributed by atoms with Crippen LogP contribution in [0.1, 0.15) is 18.4 Å². The summed E-state index contributed by atoms with van der Waals surface area (Å²) in [7, 11) is -3.38. The first-order chi connectivity index (χ1) is 15.7. The lowest BCUT2D eigenvalue weighted by atomic mass is 10.1. The van der Waals surface area contributed by atoms with E-state index in [1.54, 1.807) is 21.3 Å². The van der Waals surface area contributed by atoms with Crippen molar-refractivity contribution in [2.24, 2.45) is 11.7 Å². The van der Waals surface area contributed by atoms with Crippen LogP contribution in [0.5, 0.6) is 0 Å². The Bertz CT molecular complexity index is 1080. The van der Waals surface area contributed by atoms with Gasteiger partial charge in [-0.05, 0) is 55.0 Å². The minimum atomic E-state index is -3.38. The fraction of sp³-hybridized carbons (Fsp3) is 0.458. The van der Waals surface area contributed by atoms with Gasteiger partial charge in [-0.1, -0.05) is 35.9 Å². The van der Waals surface area contributed by atoms with Crippen LogP contribution in [0.3, 0.4) is 0 Å². The Balaban J connectivity index is 1.41. The first-order valence-corrected chi connectivity index (χ1v) is 13.6. The summed E-state index contributed by atoms with van der Waals surface area (Å²) in [5.41, 5.74) is 8.80. The number of carbonyl (C=O) groups excluding carboxylic acids is 1. The van der Waals surface area contributed by atoms with Gasteiger partial charge in [-0.2, -0.15) is 0 Å². The van der Waals surface area contributed by atoms with Crippen molar-refractivity contribution in [1.82, 2.24) is 4.90 Å². The topological polar surface area (TPSA) is 87.0 Å². The van der Waals surface area contributed by atoms with Crippen LogP contribution in [0.2, 0.25) is 5.02 Å². The molecule has 1 unspecified atom stereocenters. The Morgan fingerprint density at radius 1 is 1.09 bits per heavy atom. The van der Waals surface area contributed by atoms with Crippen molar-refractivity contribution >= 4 is 38.9 Å². The Kier molecular flexibility index (Phi) is 7.16. The third-order valence-electron chi connectivity index (χ3n) is 6.29. The van der Waals surface area contributed by atoms with Gasteiger partial charge >= 0.3 is 0 Å². The van der Waals surface area contributed by atoms with E-state index in [1.807, 2.05) is 36.4 Å². The Labute approximate surface area is 201 Å². The number of sulfonamides is 1. The molecular formula is C24H31ClN4O3S.